The van der Waals surface area contributed by atoms with Crippen molar-refractivity contribution in [3.05, 3.63) is 60.4 Å². The van der Waals surface area contributed by atoms with Gasteiger partial charge in [0.2, 0.25) is 0 Å². The second-order valence-corrected chi connectivity index (χ2v) is 5.10. The lowest BCUT2D eigenvalue weighted by molar-refractivity contribution is -0.118. The molecule has 2 aromatic carbocycles. The number of carbonyl (C=O) groups excluding carboxylic acids is 1. The van der Waals surface area contributed by atoms with Gasteiger partial charge in [-0.1, -0.05) is 31.2 Å². The van der Waals surface area contributed by atoms with E-state index in [4.69, 9.17) is 4.74 Å². The van der Waals surface area contributed by atoms with Crippen LogP contribution in [0.1, 0.15) is 12.5 Å². The van der Waals surface area contributed by atoms with Gasteiger partial charge in [0, 0.05) is 5.69 Å². The van der Waals surface area contributed by atoms with Crippen LogP contribution in [-0.4, -0.2) is 32.7 Å². The number of nitrogens with one attached hydrogen (secondary N) is 1. The third-order valence-electron chi connectivity index (χ3n) is 3.46. The average molecular weight is 323 g/mol. The maximum atomic E-state index is 12.1. The van der Waals surface area contributed by atoms with Crippen LogP contribution in [0.5, 0.6) is 5.75 Å². The zero-order chi connectivity index (χ0) is 16.8. The number of amides is 1. The Morgan fingerprint density at radius 3 is 2.88 bits per heavy atom. The Morgan fingerprint density at radius 2 is 2.08 bits per heavy atom. The highest BCUT2D eigenvalue weighted by molar-refractivity contribution is 5.92. The van der Waals surface area contributed by atoms with Gasteiger partial charge in [-0.25, -0.2) is 4.68 Å². The van der Waals surface area contributed by atoms with Gasteiger partial charge in [-0.05, 0) is 46.7 Å². The Bertz CT molecular complexity index is 817. The topological polar surface area (TPSA) is 81.9 Å². The summed E-state index contributed by atoms with van der Waals surface area (Å²) in [5, 5.41) is 13.8. The first kappa shape index (κ1) is 15.7. The van der Waals surface area contributed by atoms with Gasteiger partial charge in [0.05, 0.1) is 5.69 Å². The fourth-order valence-electron chi connectivity index (χ4n) is 2.28. The van der Waals surface area contributed by atoms with Crippen LogP contribution in [0.15, 0.2) is 54.9 Å². The van der Waals surface area contributed by atoms with Crippen LogP contribution >= 0.6 is 0 Å². The van der Waals surface area contributed by atoms with E-state index in [1.54, 1.807) is 12.1 Å². The lowest BCUT2D eigenvalue weighted by atomic mass is 10.1. The molecule has 7 nitrogen and oxygen atoms in total. The summed E-state index contributed by atoms with van der Waals surface area (Å²) in [6.07, 6.45) is 2.34. The zero-order valence-corrected chi connectivity index (χ0v) is 13.2. The summed E-state index contributed by atoms with van der Waals surface area (Å²) >= 11 is 0. The molecule has 7 heteroatoms. The largest absolute Gasteiger partial charge is 0.483 e. The van der Waals surface area contributed by atoms with E-state index < -0.39 is 0 Å². The molecule has 0 unspecified atom stereocenters. The number of para-hydroxylation sites is 1. The monoisotopic (exact) mass is 323 g/mol. The van der Waals surface area contributed by atoms with E-state index in [2.05, 4.69) is 20.8 Å². The van der Waals surface area contributed by atoms with Gasteiger partial charge >= 0.3 is 0 Å². The molecule has 1 heterocycles. The van der Waals surface area contributed by atoms with E-state index in [0.717, 1.165) is 23.4 Å². The Kier molecular flexibility index (Phi) is 4.81. The molecular weight excluding hydrogens is 306 g/mol. The van der Waals surface area contributed by atoms with Crippen LogP contribution in [0.3, 0.4) is 0 Å². The highest BCUT2D eigenvalue weighted by Crippen LogP contribution is 2.18. The maximum absolute atomic E-state index is 12.1. The number of hydrogen-bond acceptors (Lipinski definition) is 5. The molecule has 0 fully saturated rings. The van der Waals surface area contributed by atoms with Gasteiger partial charge in [-0.2, -0.15) is 0 Å². The number of aromatic nitrogens is 4. The summed E-state index contributed by atoms with van der Waals surface area (Å²) < 4.78 is 7.13. The highest BCUT2D eigenvalue weighted by Gasteiger charge is 2.07. The first-order chi connectivity index (χ1) is 11.8. The van der Waals surface area contributed by atoms with Crippen molar-refractivity contribution in [2.45, 2.75) is 13.3 Å². The summed E-state index contributed by atoms with van der Waals surface area (Å²) in [4.78, 5) is 12.1. The quantitative estimate of drug-likeness (QED) is 0.752. The van der Waals surface area contributed by atoms with Crippen molar-refractivity contribution in [2.24, 2.45) is 0 Å². The van der Waals surface area contributed by atoms with Crippen LogP contribution in [0, 0.1) is 0 Å². The van der Waals surface area contributed by atoms with E-state index in [-0.39, 0.29) is 12.5 Å². The van der Waals surface area contributed by atoms with Gasteiger partial charge in [0.15, 0.2) is 6.61 Å². The van der Waals surface area contributed by atoms with Crippen LogP contribution in [0.2, 0.25) is 0 Å². The summed E-state index contributed by atoms with van der Waals surface area (Å²) in [5.74, 6) is 0.507. The number of anilines is 1. The van der Waals surface area contributed by atoms with Crippen molar-refractivity contribution < 1.29 is 9.53 Å². The molecule has 0 aliphatic carbocycles. The molecule has 0 aliphatic heterocycles. The molecule has 0 spiro atoms. The van der Waals surface area contributed by atoms with Crippen LogP contribution in [0.4, 0.5) is 5.69 Å². The number of rotatable bonds is 6. The number of carbonyl (C=O) groups is 1. The van der Waals surface area contributed by atoms with Crippen molar-refractivity contribution in [2.75, 3.05) is 11.9 Å². The summed E-state index contributed by atoms with van der Waals surface area (Å²) in [6, 6.07) is 14.9. The normalized spacial score (nSPS) is 10.4. The second kappa shape index (κ2) is 7.36. The number of benzene rings is 2. The molecule has 0 radical (unpaired) electrons. The SMILES string of the molecule is CCc1ccccc1OCC(=O)Nc1cccc(-n2cnnn2)c1. The summed E-state index contributed by atoms with van der Waals surface area (Å²) in [7, 11) is 0. The first-order valence-corrected chi connectivity index (χ1v) is 7.60. The molecule has 1 aromatic heterocycles. The van der Waals surface area contributed by atoms with Crippen LogP contribution in [0.25, 0.3) is 5.69 Å². The molecule has 1 N–H and O–H groups in total. The molecule has 0 saturated heterocycles. The van der Waals surface area contributed by atoms with E-state index in [0.29, 0.717) is 5.69 Å². The standard InChI is InChI=1S/C17H17N5O2/c1-2-13-6-3-4-9-16(13)24-11-17(23)19-14-7-5-8-15(10-14)22-12-18-20-21-22/h3-10,12H,2,11H2,1H3,(H,19,23). The number of aryl methyl sites for hydroxylation is 1. The molecule has 122 valence electrons. The summed E-state index contributed by atoms with van der Waals surface area (Å²) in [5.41, 5.74) is 2.49. The lowest BCUT2D eigenvalue weighted by Gasteiger charge is -2.11. The van der Waals surface area contributed by atoms with Gasteiger partial charge in [-0.3, -0.25) is 4.79 Å². The average Bonchev–Trinajstić information content (AvgIpc) is 3.15. The van der Waals surface area contributed by atoms with Crippen molar-refractivity contribution in [3.8, 4) is 11.4 Å². The maximum Gasteiger partial charge on any atom is 0.262 e. The van der Waals surface area contributed by atoms with E-state index in [9.17, 15) is 4.79 Å². The fourth-order valence-corrected chi connectivity index (χ4v) is 2.28. The van der Waals surface area contributed by atoms with E-state index in [1.807, 2.05) is 43.3 Å². The third-order valence-corrected chi connectivity index (χ3v) is 3.46. The second-order valence-electron chi connectivity index (χ2n) is 5.10. The number of ether oxygens (including phenoxy) is 1. The molecule has 1 amide bonds. The highest BCUT2D eigenvalue weighted by atomic mass is 16.5. The van der Waals surface area contributed by atoms with Crippen molar-refractivity contribution in [3.63, 3.8) is 0 Å². The summed E-state index contributed by atoms with van der Waals surface area (Å²) in [6.45, 7) is 2.00. The van der Waals surface area contributed by atoms with Gasteiger partial charge < -0.3 is 10.1 Å². The minimum absolute atomic E-state index is 0.0495. The predicted molar refractivity (Wildman–Crippen MR) is 89.1 cm³/mol. The number of nitrogens with zero attached hydrogens (tertiary/aromatic N) is 4. The molecule has 0 saturated carbocycles. The third kappa shape index (κ3) is 3.75. The number of hydrogen-bond donors (Lipinski definition) is 1. The van der Waals surface area contributed by atoms with Crippen molar-refractivity contribution >= 4 is 11.6 Å². The predicted octanol–water partition coefficient (Wildman–Crippen LogP) is 2.24. The molecular formula is C17H17N5O2. The smallest absolute Gasteiger partial charge is 0.262 e. The minimum atomic E-state index is -0.227. The first-order valence-electron chi connectivity index (χ1n) is 7.60. The van der Waals surface area contributed by atoms with Gasteiger partial charge in [-0.15, -0.1) is 5.10 Å². The zero-order valence-electron chi connectivity index (χ0n) is 13.2. The van der Waals surface area contributed by atoms with E-state index >= 15 is 0 Å². The van der Waals surface area contributed by atoms with Crippen molar-refractivity contribution in [1.29, 1.82) is 0 Å². The lowest BCUT2D eigenvalue weighted by Crippen LogP contribution is -2.20. The molecule has 0 aliphatic rings. The Hall–Kier alpha value is -3.22. The molecule has 0 atom stereocenters. The van der Waals surface area contributed by atoms with Crippen LogP contribution in [-0.2, 0) is 11.2 Å². The fraction of sp³-hybridized carbons (Fsp3) is 0.176. The Labute approximate surface area is 139 Å². The van der Waals surface area contributed by atoms with Crippen LogP contribution < -0.4 is 10.1 Å². The van der Waals surface area contributed by atoms with E-state index in [1.165, 1.54) is 11.0 Å². The minimum Gasteiger partial charge on any atom is -0.483 e. The molecule has 3 aromatic rings. The molecule has 24 heavy (non-hydrogen) atoms. The molecule has 3 rings (SSSR count). The Balaban J connectivity index is 1.62. The van der Waals surface area contributed by atoms with Gasteiger partial charge in [0.25, 0.3) is 5.91 Å². The Morgan fingerprint density at radius 1 is 1.21 bits per heavy atom. The van der Waals surface area contributed by atoms with Crippen molar-refractivity contribution in [1.82, 2.24) is 20.2 Å². The van der Waals surface area contributed by atoms with Gasteiger partial charge in [0.1, 0.15) is 12.1 Å². The molecule has 0 bridgehead atoms. The number of tetrazole rings is 1.